The van der Waals surface area contributed by atoms with E-state index in [0.717, 1.165) is 36.8 Å². The van der Waals surface area contributed by atoms with Gasteiger partial charge >= 0.3 is 11.9 Å². The molecule has 1 aliphatic rings. The average Bonchev–Trinajstić information content (AvgIpc) is 2.73. The number of methoxy groups -OCH3 is 1. The Labute approximate surface area is 179 Å². The predicted molar refractivity (Wildman–Crippen MR) is 118 cm³/mol. The van der Waals surface area contributed by atoms with E-state index >= 15 is 0 Å². The molecule has 0 bridgehead atoms. The molecule has 2 aromatic carbocycles. The fourth-order valence-electron chi connectivity index (χ4n) is 4.10. The summed E-state index contributed by atoms with van der Waals surface area (Å²) >= 11 is 0. The number of hydrogen-bond acceptors (Lipinski definition) is 4. The van der Waals surface area contributed by atoms with Gasteiger partial charge in [-0.15, -0.1) is 0 Å². The molecule has 0 N–H and O–H groups in total. The normalized spacial score (nSPS) is 19.2. The second-order valence-corrected chi connectivity index (χ2v) is 9.20. The van der Waals surface area contributed by atoms with Crippen LogP contribution in [-0.2, 0) is 14.3 Å². The van der Waals surface area contributed by atoms with Crippen LogP contribution in [0.1, 0.15) is 74.7 Å². The summed E-state index contributed by atoms with van der Waals surface area (Å²) in [5.74, 6) is 0.617. The number of carbonyl (C=O) groups is 2. The highest BCUT2D eigenvalue weighted by molar-refractivity contribution is 5.90. The first-order valence-corrected chi connectivity index (χ1v) is 10.8. The molecule has 0 spiro atoms. The quantitative estimate of drug-likeness (QED) is 0.557. The maximum atomic E-state index is 12.2. The molecule has 160 valence electrons. The molecule has 1 saturated carbocycles. The van der Waals surface area contributed by atoms with Gasteiger partial charge in [0.05, 0.1) is 12.7 Å². The number of hydrogen-bond donors (Lipinski definition) is 0. The highest BCUT2D eigenvalue weighted by atomic mass is 16.6. The maximum absolute atomic E-state index is 12.2. The number of benzene rings is 2. The summed E-state index contributed by atoms with van der Waals surface area (Å²) in [4.78, 5) is 23.7. The van der Waals surface area contributed by atoms with E-state index in [4.69, 9.17) is 9.47 Å². The third-order valence-corrected chi connectivity index (χ3v) is 5.76. The summed E-state index contributed by atoms with van der Waals surface area (Å²) in [5, 5.41) is 0. The van der Waals surface area contributed by atoms with E-state index in [1.807, 2.05) is 45.0 Å². The lowest BCUT2D eigenvalue weighted by Crippen LogP contribution is -2.23. The van der Waals surface area contributed by atoms with E-state index in [1.165, 1.54) is 12.7 Å². The van der Waals surface area contributed by atoms with Gasteiger partial charge in [0.2, 0.25) is 0 Å². The fraction of sp³-hybridized carbons (Fsp3) is 0.462. The second-order valence-electron chi connectivity index (χ2n) is 9.20. The molecule has 0 amide bonds. The molecule has 0 radical (unpaired) electrons. The largest absolute Gasteiger partial charge is 0.469 e. The van der Waals surface area contributed by atoms with Gasteiger partial charge in [-0.2, -0.15) is 0 Å². The first-order chi connectivity index (χ1) is 14.2. The zero-order valence-corrected chi connectivity index (χ0v) is 18.4. The van der Waals surface area contributed by atoms with Crippen molar-refractivity contribution in [2.24, 2.45) is 5.92 Å². The minimum Gasteiger partial charge on any atom is -0.469 e. The molecule has 0 saturated heterocycles. The third kappa shape index (κ3) is 5.94. The zero-order valence-electron chi connectivity index (χ0n) is 18.4. The summed E-state index contributed by atoms with van der Waals surface area (Å²) in [7, 11) is 1.46. The van der Waals surface area contributed by atoms with E-state index in [2.05, 4.69) is 24.3 Å². The van der Waals surface area contributed by atoms with Crippen LogP contribution in [0.4, 0.5) is 0 Å². The topological polar surface area (TPSA) is 52.6 Å². The molecule has 2 aromatic rings. The van der Waals surface area contributed by atoms with Gasteiger partial charge in [-0.1, -0.05) is 36.4 Å². The molecule has 4 nitrogen and oxygen atoms in total. The van der Waals surface area contributed by atoms with Crippen LogP contribution >= 0.6 is 0 Å². The standard InChI is InChI=1S/C26H32O4/c1-26(2,3)30-25(28)23-15-13-22(14-16-23)21-11-9-20(10-12-21)19-7-5-18(6-8-19)17-24(27)29-4/h9-16,18-19H,5-8,17H2,1-4H3. The zero-order chi connectivity index (χ0) is 21.7. The fourth-order valence-corrected chi connectivity index (χ4v) is 4.10. The van der Waals surface area contributed by atoms with Crippen molar-refractivity contribution in [2.45, 2.75) is 64.4 Å². The van der Waals surface area contributed by atoms with Crippen LogP contribution in [0.2, 0.25) is 0 Å². The van der Waals surface area contributed by atoms with E-state index in [1.54, 1.807) is 0 Å². The minimum absolute atomic E-state index is 0.0968. The number of carbonyl (C=O) groups excluding carboxylic acids is 2. The van der Waals surface area contributed by atoms with Crippen molar-refractivity contribution in [3.05, 3.63) is 59.7 Å². The monoisotopic (exact) mass is 408 g/mol. The molecule has 0 heterocycles. The lowest BCUT2D eigenvalue weighted by atomic mass is 9.77. The molecular weight excluding hydrogens is 376 g/mol. The summed E-state index contributed by atoms with van der Waals surface area (Å²) in [5.41, 5.74) is 3.64. The molecule has 3 rings (SSSR count). The van der Waals surface area contributed by atoms with Crippen molar-refractivity contribution in [3.63, 3.8) is 0 Å². The van der Waals surface area contributed by atoms with Gasteiger partial charge in [-0.25, -0.2) is 4.79 Å². The lowest BCUT2D eigenvalue weighted by Gasteiger charge is -2.28. The molecular formula is C26H32O4. The van der Waals surface area contributed by atoms with Crippen molar-refractivity contribution in [3.8, 4) is 11.1 Å². The molecule has 30 heavy (non-hydrogen) atoms. The van der Waals surface area contributed by atoms with E-state index in [9.17, 15) is 9.59 Å². The van der Waals surface area contributed by atoms with Crippen molar-refractivity contribution < 1.29 is 19.1 Å². The van der Waals surface area contributed by atoms with Gasteiger partial charge in [0, 0.05) is 6.42 Å². The summed E-state index contributed by atoms with van der Waals surface area (Å²) in [6, 6.07) is 16.3. The van der Waals surface area contributed by atoms with Crippen LogP contribution in [0.5, 0.6) is 0 Å². The van der Waals surface area contributed by atoms with Crippen LogP contribution in [0.25, 0.3) is 11.1 Å². The van der Waals surface area contributed by atoms with Gasteiger partial charge in [0.25, 0.3) is 0 Å². The third-order valence-electron chi connectivity index (χ3n) is 5.76. The van der Waals surface area contributed by atoms with Gasteiger partial charge in [0.15, 0.2) is 0 Å². The molecule has 0 atom stereocenters. The Morgan fingerprint density at radius 2 is 1.40 bits per heavy atom. The van der Waals surface area contributed by atoms with Crippen molar-refractivity contribution in [1.82, 2.24) is 0 Å². The summed E-state index contributed by atoms with van der Waals surface area (Å²) in [6.07, 6.45) is 4.93. The molecule has 4 heteroatoms. The average molecular weight is 409 g/mol. The van der Waals surface area contributed by atoms with Crippen LogP contribution in [0.15, 0.2) is 48.5 Å². The van der Waals surface area contributed by atoms with Gasteiger partial charge < -0.3 is 9.47 Å². The highest BCUT2D eigenvalue weighted by Gasteiger charge is 2.24. The Bertz CT molecular complexity index is 851. The van der Waals surface area contributed by atoms with Crippen LogP contribution in [-0.4, -0.2) is 24.6 Å². The SMILES string of the molecule is COC(=O)CC1CCC(c2ccc(-c3ccc(C(=O)OC(C)(C)C)cc3)cc2)CC1. The van der Waals surface area contributed by atoms with Crippen LogP contribution in [0, 0.1) is 5.92 Å². The number of esters is 2. The predicted octanol–water partition coefficient (Wildman–Crippen LogP) is 6.15. The Kier molecular flexibility index (Phi) is 6.96. The van der Waals surface area contributed by atoms with Gasteiger partial charge in [-0.05, 0) is 87.1 Å². The number of ether oxygens (including phenoxy) is 2. The minimum atomic E-state index is -0.496. The Morgan fingerprint density at radius 1 is 0.867 bits per heavy atom. The first kappa shape index (κ1) is 22.1. The van der Waals surface area contributed by atoms with Crippen molar-refractivity contribution >= 4 is 11.9 Å². The van der Waals surface area contributed by atoms with E-state index < -0.39 is 5.60 Å². The smallest absolute Gasteiger partial charge is 0.338 e. The van der Waals surface area contributed by atoms with E-state index in [0.29, 0.717) is 23.8 Å². The van der Waals surface area contributed by atoms with E-state index in [-0.39, 0.29) is 11.9 Å². The summed E-state index contributed by atoms with van der Waals surface area (Å²) in [6.45, 7) is 5.60. The highest BCUT2D eigenvalue weighted by Crippen LogP contribution is 2.37. The lowest BCUT2D eigenvalue weighted by molar-refractivity contribution is -0.142. The summed E-state index contributed by atoms with van der Waals surface area (Å²) < 4.78 is 10.2. The van der Waals surface area contributed by atoms with Crippen LogP contribution in [0.3, 0.4) is 0 Å². The van der Waals surface area contributed by atoms with Crippen LogP contribution < -0.4 is 0 Å². The number of rotatable bonds is 5. The van der Waals surface area contributed by atoms with Gasteiger partial charge in [0.1, 0.15) is 5.60 Å². The van der Waals surface area contributed by atoms with Gasteiger partial charge in [-0.3, -0.25) is 4.79 Å². The maximum Gasteiger partial charge on any atom is 0.338 e. The van der Waals surface area contributed by atoms with Crippen molar-refractivity contribution in [1.29, 1.82) is 0 Å². The first-order valence-electron chi connectivity index (χ1n) is 10.8. The molecule has 0 aliphatic heterocycles. The Morgan fingerprint density at radius 3 is 1.90 bits per heavy atom. The van der Waals surface area contributed by atoms with Crippen molar-refractivity contribution in [2.75, 3.05) is 7.11 Å². The Balaban J connectivity index is 1.59. The molecule has 1 aliphatic carbocycles. The second kappa shape index (κ2) is 9.46. The molecule has 1 fully saturated rings. The Hall–Kier alpha value is -2.62. The molecule has 0 aromatic heterocycles. The molecule has 0 unspecified atom stereocenters.